The summed E-state index contributed by atoms with van der Waals surface area (Å²) in [6, 6.07) is 18.9. The average Bonchev–Trinajstić information content (AvgIpc) is 2.80. The number of likely N-dealkylation sites (tertiary alicyclic amines) is 2. The van der Waals surface area contributed by atoms with Crippen molar-refractivity contribution in [3.63, 3.8) is 0 Å². The predicted molar refractivity (Wildman–Crippen MR) is 136 cm³/mol. The van der Waals surface area contributed by atoms with Crippen molar-refractivity contribution in [3.05, 3.63) is 71.3 Å². The van der Waals surface area contributed by atoms with Gasteiger partial charge in [0.1, 0.15) is 0 Å². The molecule has 2 heterocycles. The summed E-state index contributed by atoms with van der Waals surface area (Å²) in [4.78, 5) is 18.3. The Kier molecular flexibility index (Phi) is 10.5. The van der Waals surface area contributed by atoms with Gasteiger partial charge >= 0.3 is 0 Å². The fourth-order valence-electron chi connectivity index (χ4n) is 5.06. The number of piperidine rings is 2. The average molecular weight is 466 g/mol. The second-order valence-corrected chi connectivity index (χ2v) is 8.75. The zero-order chi connectivity index (χ0) is 20.1. The van der Waals surface area contributed by atoms with E-state index in [4.69, 9.17) is 0 Å². The Morgan fingerprint density at radius 1 is 0.903 bits per heavy atom. The molecule has 0 N–H and O–H groups in total. The van der Waals surface area contributed by atoms with Crippen LogP contribution in [-0.2, 0) is 0 Å². The van der Waals surface area contributed by atoms with Crippen LogP contribution in [0.3, 0.4) is 0 Å². The first-order valence-corrected chi connectivity index (χ1v) is 11.4. The molecule has 0 saturated carbocycles. The third-order valence-electron chi connectivity index (χ3n) is 6.75. The van der Waals surface area contributed by atoms with Gasteiger partial charge in [0.25, 0.3) is 0 Å². The van der Waals surface area contributed by atoms with E-state index in [-0.39, 0.29) is 32.0 Å². The Morgan fingerprint density at radius 2 is 1.58 bits per heavy atom. The molecule has 0 amide bonds. The Bertz CT molecular complexity index is 814. The predicted octanol–water partition coefficient (Wildman–Crippen LogP) is 6.41. The first kappa shape index (κ1) is 25.9. The lowest BCUT2D eigenvalue weighted by Crippen LogP contribution is -2.48. The molecule has 3 nitrogen and oxygen atoms in total. The molecule has 2 aromatic carbocycles. The van der Waals surface area contributed by atoms with Gasteiger partial charge in [-0.15, -0.1) is 24.8 Å². The highest BCUT2D eigenvalue weighted by Crippen LogP contribution is 2.30. The number of carbonyl (C=O) groups excluding carboxylic acids is 1. The highest BCUT2D eigenvalue weighted by Gasteiger charge is 2.29. The van der Waals surface area contributed by atoms with E-state index in [1.807, 2.05) is 42.5 Å². The smallest absolute Gasteiger partial charge is 0.193 e. The lowest BCUT2D eigenvalue weighted by Gasteiger charge is -2.43. The van der Waals surface area contributed by atoms with Crippen LogP contribution in [-0.4, -0.2) is 47.8 Å². The minimum atomic E-state index is 0. The molecule has 172 valence electrons. The molecule has 4 rings (SSSR count). The highest BCUT2D eigenvalue weighted by molar-refractivity contribution is 6.09. The number of carbonyl (C=O) groups is 1. The van der Waals surface area contributed by atoms with Crippen LogP contribution >= 0.6 is 24.8 Å². The van der Waals surface area contributed by atoms with E-state index < -0.39 is 0 Å². The van der Waals surface area contributed by atoms with E-state index in [9.17, 15) is 4.79 Å². The summed E-state index contributed by atoms with van der Waals surface area (Å²) in [6.07, 6.45) is 8.02. The maximum absolute atomic E-state index is 12.9. The number of rotatable bonds is 6. The molecule has 0 spiro atoms. The monoisotopic (exact) mass is 464 g/mol. The van der Waals surface area contributed by atoms with Crippen molar-refractivity contribution in [2.45, 2.75) is 57.5 Å². The second-order valence-electron chi connectivity index (χ2n) is 8.75. The molecule has 2 atom stereocenters. The van der Waals surface area contributed by atoms with Crippen LogP contribution in [0.1, 0.15) is 74.4 Å². The summed E-state index contributed by atoms with van der Waals surface area (Å²) < 4.78 is 0. The molecule has 2 unspecified atom stereocenters. The van der Waals surface area contributed by atoms with E-state index >= 15 is 0 Å². The zero-order valence-corrected chi connectivity index (χ0v) is 20.2. The van der Waals surface area contributed by atoms with Crippen molar-refractivity contribution in [3.8, 4) is 0 Å². The molecule has 0 bridgehead atoms. The Morgan fingerprint density at radius 3 is 2.32 bits per heavy atom. The number of hydrogen-bond donors (Lipinski definition) is 0. The molecule has 0 aliphatic carbocycles. The zero-order valence-electron chi connectivity index (χ0n) is 18.5. The van der Waals surface area contributed by atoms with Gasteiger partial charge in [-0.2, -0.15) is 0 Å². The Hall–Kier alpha value is -1.39. The van der Waals surface area contributed by atoms with Crippen LogP contribution in [0, 0.1) is 0 Å². The molecule has 0 radical (unpaired) electrons. The standard InChI is InChI=1S/C26H34N2O.2ClH.H2/c1-21(28-18-9-6-15-25(28)20-27-16-7-3-8-17-27)23-13-10-14-24(19-23)26(29)22-11-4-2-5-12-22;;;/h2,4-5,10-14,19,21,25H,3,6-9,15-18,20H2,1H3;3*1H. The third kappa shape index (κ3) is 6.55. The summed E-state index contributed by atoms with van der Waals surface area (Å²) in [5.74, 6) is 0.114. The molecule has 5 heteroatoms. The van der Waals surface area contributed by atoms with Gasteiger partial charge in [-0.3, -0.25) is 9.69 Å². The van der Waals surface area contributed by atoms with E-state index in [0.29, 0.717) is 12.1 Å². The molecule has 2 aliphatic heterocycles. The number of benzene rings is 2. The number of nitrogens with zero attached hydrogens (tertiary/aromatic N) is 2. The molecule has 2 saturated heterocycles. The van der Waals surface area contributed by atoms with Gasteiger partial charge in [0, 0.05) is 31.2 Å². The molecule has 31 heavy (non-hydrogen) atoms. The van der Waals surface area contributed by atoms with Crippen LogP contribution in [0.2, 0.25) is 0 Å². The number of halogens is 2. The lowest BCUT2D eigenvalue weighted by molar-refractivity contribution is 0.0654. The van der Waals surface area contributed by atoms with E-state index in [1.165, 1.54) is 63.7 Å². The van der Waals surface area contributed by atoms with Crippen molar-refractivity contribution < 1.29 is 6.22 Å². The molecular formula is C26H38Cl2N2O. The topological polar surface area (TPSA) is 23.6 Å². The van der Waals surface area contributed by atoms with Crippen molar-refractivity contribution in [1.82, 2.24) is 9.80 Å². The third-order valence-corrected chi connectivity index (χ3v) is 6.75. The van der Waals surface area contributed by atoms with Crippen LogP contribution < -0.4 is 0 Å². The molecular weight excluding hydrogens is 427 g/mol. The van der Waals surface area contributed by atoms with Crippen LogP contribution in [0.15, 0.2) is 54.6 Å². The van der Waals surface area contributed by atoms with Gasteiger partial charge in [-0.05, 0) is 63.9 Å². The van der Waals surface area contributed by atoms with E-state index in [1.54, 1.807) is 0 Å². The summed E-state index contributed by atoms with van der Waals surface area (Å²) >= 11 is 0. The Balaban J connectivity index is 0.00000171. The van der Waals surface area contributed by atoms with Crippen molar-refractivity contribution >= 4 is 30.6 Å². The fourth-order valence-corrected chi connectivity index (χ4v) is 5.06. The van der Waals surface area contributed by atoms with Gasteiger partial charge in [0.05, 0.1) is 0 Å². The normalized spacial score (nSPS) is 20.9. The lowest BCUT2D eigenvalue weighted by atomic mass is 9.94. The van der Waals surface area contributed by atoms with Crippen LogP contribution in [0.25, 0.3) is 0 Å². The van der Waals surface area contributed by atoms with E-state index in [0.717, 1.165) is 17.7 Å². The molecule has 2 aliphatic rings. The molecule has 0 aromatic heterocycles. The first-order valence-electron chi connectivity index (χ1n) is 11.4. The van der Waals surface area contributed by atoms with Gasteiger partial charge in [-0.25, -0.2) is 0 Å². The van der Waals surface area contributed by atoms with Crippen molar-refractivity contribution in [2.24, 2.45) is 0 Å². The van der Waals surface area contributed by atoms with Gasteiger partial charge in [0.15, 0.2) is 5.78 Å². The minimum absolute atomic E-state index is 0. The van der Waals surface area contributed by atoms with Gasteiger partial charge in [-0.1, -0.05) is 61.4 Å². The summed E-state index contributed by atoms with van der Waals surface area (Å²) in [5, 5.41) is 0. The maximum Gasteiger partial charge on any atom is 0.193 e. The fraction of sp³-hybridized carbons (Fsp3) is 0.500. The minimum Gasteiger partial charge on any atom is -0.302 e. The van der Waals surface area contributed by atoms with E-state index in [2.05, 4.69) is 28.9 Å². The quantitative estimate of drug-likeness (QED) is 0.461. The SMILES string of the molecule is CC(c1cccc(C(=O)c2ccccc2)c1)N1CCCCC1CN1CCCCC1.Cl.Cl.[HH]. The van der Waals surface area contributed by atoms with Gasteiger partial charge in [0.2, 0.25) is 0 Å². The van der Waals surface area contributed by atoms with Crippen LogP contribution in [0.4, 0.5) is 0 Å². The number of ketones is 1. The largest absolute Gasteiger partial charge is 0.302 e. The summed E-state index contributed by atoms with van der Waals surface area (Å²) in [6.45, 7) is 7.21. The maximum atomic E-state index is 12.9. The summed E-state index contributed by atoms with van der Waals surface area (Å²) in [5.41, 5.74) is 2.82. The highest BCUT2D eigenvalue weighted by atomic mass is 35.5. The summed E-state index contributed by atoms with van der Waals surface area (Å²) in [7, 11) is 0. The van der Waals surface area contributed by atoms with Crippen molar-refractivity contribution in [1.29, 1.82) is 0 Å². The van der Waals surface area contributed by atoms with Gasteiger partial charge < -0.3 is 4.90 Å². The first-order chi connectivity index (χ1) is 14.2. The molecule has 2 aromatic rings. The van der Waals surface area contributed by atoms with Crippen LogP contribution in [0.5, 0.6) is 0 Å². The second kappa shape index (κ2) is 12.6. The Labute approximate surface area is 201 Å². The number of hydrogen-bond acceptors (Lipinski definition) is 3. The van der Waals surface area contributed by atoms with Crippen molar-refractivity contribution in [2.75, 3.05) is 26.2 Å². The molecule has 2 fully saturated rings.